The van der Waals surface area contributed by atoms with E-state index in [-0.39, 0.29) is 6.04 Å². The average molecular weight is 466 g/mol. The Kier molecular flexibility index (Phi) is 5.95. The molecule has 1 aliphatic heterocycles. The molecule has 1 saturated heterocycles. The second-order valence-electron chi connectivity index (χ2n) is 8.17. The zero-order valence-electron chi connectivity index (χ0n) is 17.8. The molecule has 1 atom stereocenters. The zero-order valence-corrected chi connectivity index (χ0v) is 19.4. The normalized spacial score (nSPS) is 16.6. The first kappa shape index (κ1) is 21.1. The Hall–Kier alpha value is -2.74. The molecule has 0 bridgehead atoms. The van der Waals surface area contributed by atoms with E-state index in [0.29, 0.717) is 23.0 Å². The molecule has 1 unspecified atom stereocenters. The van der Waals surface area contributed by atoms with Gasteiger partial charge >= 0.3 is 0 Å². The van der Waals surface area contributed by atoms with Crippen molar-refractivity contribution in [2.75, 3.05) is 6.54 Å². The summed E-state index contributed by atoms with van der Waals surface area (Å²) in [6.07, 6.45) is 2.14. The number of aromatic nitrogens is 4. The summed E-state index contributed by atoms with van der Waals surface area (Å²) < 4.78 is 10.3. The smallest absolute Gasteiger partial charge is 0.199 e. The van der Waals surface area contributed by atoms with Gasteiger partial charge in [0.15, 0.2) is 16.4 Å². The molecule has 1 aliphatic rings. The van der Waals surface area contributed by atoms with E-state index in [1.807, 2.05) is 60.1 Å². The summed E-state index contributed by atoms with van der Waals surface area (Å²) in [6.45, 7) is 4.17. The van der Waals surface area contributed by atoms with E-state index in [2.05, 4.69) is 26.8 Å². The molecule has 0 aliphatic carbocycles. The number of rotatable bonds is 6. The molecule has 164 valence electrons. The van der Waals surface area contributed by atoms with Gasteiger partial charge in [-0.05, 0) is 61.8 Å². The van der Waals surface area contributed by atoms with E-state index in [0.717, 1.165) is 42.2 Å². The van der Waals surface area contributed by atoms with Gasteiger partial charge in [0.1, 0.15) is 0 Å². The minimum absolute atomic E-state index is 0.191. The average Bonchev–Trinajstić information content (AvgIpc) is 3.51. The third kappa shape index (κ3) is 4.28. The maximum absolute atomic E-state index is 6.12. The topological polar surface area (TPSA) is 52.0 Å². The van der Waals surface area contributed by atoms with E-state index in [1.54, 1.807) is 0 Å². The molecule has 3 heterocycles. The Morgan fingerprint density at radius 1 is 1.12 bits per heavy atom. The lowest BCUT2D eigenvalue weighted by atomic mass is 10.1. The van der Waals surface area contributed by atoms with Crippen molar-refractivity contribution in [3.63, 3.8) is 0 Å². The standard InChI is InChI=1S/C24H24ClN5OS/c1-17-14-22(31-27-17)21-8-5-13-28(21)16-30-24(32)29(15-18-6-3-2-4-7-18)23(26-30)19-9-11-20(25)12-10-19/h2-4,6-7,9-12,14,21H,5,8,13,15-16H2,1H3. The summed E-state index contributed by atoms with van der Waals surface area (Å²) in [6, 6.07) is 20.3. The molecule has 0 spiro atoms. The molecular weight excluding hydrogens is 442 g/mol. The fourth-order valence-electron chi connectivity index (χ4n) is 4.28. The van der Waals surface area contributed by atoms with Crippen LogP contribution in [0.25, 0.3) is 11.4 Å². The molecule has 2 aromatic heterocycles. The molecule has 1 fully saturated rings. The van der Waals surface area contributed by atoms with Crippen molar-refractivity contribution >= 4 is 23.8 Å². The summed E-state index contributed by atoms with van der Waals surface area (Å²) in [5.74, 6) is 1.75. The van der Waals surface area contributed by atoms with Crippen LogP contribution in [0.2, 0.25) is 5.02 Å². The first-order chi connectivity index (χ1) is 15.6. The summed E-state index contributed by atoms with van der Waals surface area (Å²) in [5, 5.41) is 9.72. The Bertz CT molecular complexity index is 1260. The van der Waals surface area contributed by atoms with Crippen LogP contribution in [-0.2, 0) is 13.2 Å². The van der Waals surface area contributed by atoms with E-state index in [9.17, 15) is 0 Å². The second kappa shape index (κ2) is 9.02. The van der Waals surface area contributed by atoms with Crippen LogP contribution in [0.4, 0.5) is 0 Å². The number of benzene rings is 2. The molecular formula is C24H24ClN5OS. The molecule has 4 aromatic rings. The summed E-state index contributed by atoms with van der Waals surface area (Å²) in [7, 11) is 0. The van der Waals surface area contributed by atoms with E-state index in [1.165, 1.54) is 5.56 Å². The van der Waals surface area contributed by atoms with Gasteiger partial charge in [-0.1, -0.05) is 47.1 Å². The fourth-order valence-corrected chi connectivity index (χ4v) is 4.66. The summed E-state index contributed by atoms with van der Waals surface area (Å²) >= 11 is 12.0. The molecule has 0 amide bonds. The Morgan fingerprint density at radius 3 is 2.62 bits per heavy atom. The SMILES string of the molecule is Cc1cc(C2CCCN2Cn2nc(-c3ccc(Cl)cc3)n(Cc3ccccc3)c2=S)on1. The summed E-state index contributed by atoms with van der Waals surface area (Å²) in [5.41, 5.74) is 3.06. The van der Waals surface area contributed by atoms with Crippen molar-refractivity contribution < 1.29 is 4.52 Å². The van der Waals surface area contributed by atoms with Gasteiger partial charge in [0.2, 0.25) is 0 Å². The van der Waals surface area contributed by atoms with Crippen LogP contribution in [0, 0.1) is 11.7 Å². The highest BCUT2D eigenvalue weighted by molar-refractivity contribution is 7.71. The van der Waals surface area contributed by atoms with Crippen molar-refractivity contribution in [3.8, 4) is 11.4 Å². The molecule has 0 radical (unpaired) electrons. The molecule has 0 N–H and O–H groups in total. The maximum Gasteiger partial charge on any atom is 0.199 e. The first-order valence-electron chi connectivity index (χ1n) is 10.7. The molecule has 32 heavy (non-hydrogen) atoms. The predicted molar refractivity (Wildman–Crippen MR) is 127 cm³/mol. The van der Waals surface area contributed by atoms with E-state index >= 15 is 0 Å². The van der Waals surface area contributed by atoms with Crippen LogP contribution in [0.15, 0.2) is 65.2 Å². The molecule has 8 heteroatoms. The highest BCUT2D eigenvalue weighted by atomic mass is 35.5. The van der Waals surface area contributed by atoms with Crippen molar-refractivity contribution in [3.05, 3.63) is 87.5 Å². The third-order valence-corrected chi connectivity index (χ3v) is 6.55. The number of halogens is 1. The van der Waals surface area contributed by atoms with Gasteiger partial charge in [0, 0.05) is 23.2 Å². The minimum atomic E-state index is 0.191. The highest BCUT2D eigenvalue weighted by Crippen LogP contribution is 2.33. The van der Waals surface area contributed by atoms with Crippen molar-refractivity contribution in [1.82, 2.24) is 24.4 Å². The lowest BCUT2D eigenvalue weighted by Crippen LogP contribution is -2.26. The Labute approximate surface area is 197 Å². The van der Waals surface area contributed by atoms with E-state index in [4.69, 9.17) is 33.4 Å². The van der Waals surface area contributed by atoms with Crippen LogP contribution in [0.5, 0.6) is 0 Å². The van der Waals surface area contributed by atoms with Crippen LogP contribution in [0.3, 0.4) is 0 Å². The van der Waals surface area contributed by atoms with Crippen molar-refractivity contribution in [2.45, 2.75) is 39.0 Å². The first-order valence-corrected chi connectivity index (χ1v) is 11.5. The van der Waals surface area contributed by atoms with Gasteiger partial charge in [-0.15, -0.1) is 0 Å². The zero-order chi connectivity index (χ0) is 22.1. The maximum atomic E-state index is 6.12. The van der Waals surface area contributed by atoms with Gasteiger partial charge in [-0.25, -0.2) is 4.68 Å². The van der Waals surface area contributed by atoms with Crippen molar-refractivity contribution in [1.29, 1.82) is 0 Å². The highest BCUT2D eigenvalue weighted by Gasteiger charge is 2.30. The van der Waals surface area contributed by atoms with Gasteiger partial charge in [0.25, 0.3) is 0 Å². The predicted octanol–water partition coefficient (Wildman–Crippen LogP) is 5.87. The molecule has 2 aromatic carbocycles. The Morgan fingerprint density at radius 2 is 1.91 bits per heavy atom. The monoisotopic (exact) mass is 465 g/mol. The number of hydrogen-bond donors (Lipinski definition) is 0. The van der Waals surface area contributed by atoms with Gasteiger partial charge in [-0.2, -0.15) is 5.10 Å². The van der Waals surface area contributed by atoms with Crippen LogP contribution in [0.1, 0.15) is 35.9 Å². The second-order valence-corrected chi connectivity index (χ2v) is 8.97. The minimum Gasteiger partial charge on any atom is -0.359 e. The lowest BCUT2D eigenvalue weighted by Gasteiger charge is -2.21. The van der Waals surface area contributed by atoms with Crippen molar-refractivity contribution in [2.24, 2.45) is 0 Å². The summed E-state index contributed by atoms with van der Waals surface area (Å²) in [4.78, 5) is 2.36. The van der Waals surface area contributed by atoms with Crippen LogP contribution < -0.4 is 0 Å². The number of hydrogen-bond acceptors (Lipinski definition) is 5. The fraction of sp³-hybridized carbons (Fsp3) is 0.292. The number of nitrogens with zero attached hydrogens (tertiary/aromatic N) is 5. The van der Waals surface area contributed by atoms with Gasteiger partial charge in [-0.3, -0.25) is 9.47 Å². The largest absolute Gasteiger partial charge is 0.359 e. The molecule has 0 saturated carbocycles. The van der Waals surface area contributed by atoms with Gasteiger partial charge in [0.05, 0.1) is 24.9 Å². The third-order valence-electron chi connectivity index (χ3n) is 5.86. The van der Waals surface area contributed by atoms with Gasteiger partial charge < -0.3 is 4.52 Å². The molecule has 5 rings (SSSR count). The van der Waals surface area contributed by atoms with E-state index < -0.39 is 0 Å². The Balaban J connectivity index is 1.50. The molecule has 6 nitrogen and oxygen atoms in total. The number of aryl methyl sites for hydroxylation is 1. The number of likely N-dealkylation sites (tertiary alicyclic amines) is 1. The van der Waals surface area contributed by atoms with Crippen LogP contribution >= 0.6 is 23.8 Å². The lowest BCUT2D eigenvalue weighted by molar-refractivity contribution is 0.163. The van der Waals surface area contributed by atoms with Crippen LogP contribution in [-0.4, -0.2) is 30.9 Å². The quantitative estimate of drug-likeness (QED) is 0.333.